The molecule has 0 bridgehead atoms. The van der Waals surface area contributed by atoms with E-state index < -0.39 is 11.7 Å². The smallest absolute Gasteiger partial charge is 0.229 e. The van der Waals surface area contributed by atoms with Crippen LogP contribution in [0.2, 0.25) is 5.02 Å². The summed E-state index contributed by atoms with van der Waals surface area (Å²) in [5, 5.41) is 3.15. The van der Waals surface area contributed by atoms with Crippen molar-refractivity contribution in [3.8, 4) is 0 Å². The standard InChI is InChI=1S/C24H18ClFN2O3/c25-17-6-11-21(20(13-17)23(30)15-4-2-1-3-5-15)27-24(31)16-12-22(29)28(14-16)19-9-7-18(26)8-10-19/h1-11,13,16H,12,14H2,(H,27,31)/t16-/m1/s1. The zero-order valence-electron chi connectivity index (χ0n) is 16.3. The number of carbonyl (C=O) groups excluding carboxylic acids is 3. The van der Waals surface area contributed by atoms with E-state index in [0.717, 1.165) is 0 Å². The fourth-order valence-corrected chi connectivity index (χ4v) is 3.72. The van der Waals surface area contributed by atoms with Gasteiger partial charge in [-0.25, -0.2) is 4.39 Å². The Morgan fingerprint density at radius 2 is 1.71 bits per heavy atom. The van der Waals surface area contributed by atoms with Gasteiger partial charge >= 0.3 is 0 Å². The zero-order chi connectivity index (χ0) is 22.0. The SMILES string of the molecule is O=C(c1ccccc1)c1cc(Cl)ccc1NC(=O)[C@@H]1CC(=O)N(c2ccc(F)cc2)C1. The highest BCUT2D eigenvalue weighted by Crippen LogP contribution is 2.28. The Balaban J connectivity index is 1.53. The summed E-state index contributed by atoms with van der Waals surface area (Å²) in [6.45, 7) is 0.172. The fourth-order valence-electron chi connectivity index (χ4n) is 3.55. The van der Waals surface area contributed by atoms with Crippen LogP contribution in [0, 0.1) is 11.7 Å². The van der Waals surface area contributed by atoms with Crippen LogP contribution in [0.5, 0.6) is 0 Å². The molecule has 4 rings (SSSR count). The quantitative estimate of drug-likeness (QED) is 0.589. The molecule has 7 heteroatoms. The molecule has 0 unspecified atom stereocenters. The number of rotatable bonds is 5. The zero-order valence-corrected chi connectivity index (χ0v) is 17.1. The number of nitrogens with zero attached hydrogens (tertiary/aromatic N) is 1. The third-order valence-corrected chi connectivity index (χ3v) is 5.39. The van der Waals surface area contributed by atoms with Crippen molar-refractivity contribution >= 4 is 40.6 Å². The largest absolute Gasteiger partial charge is 0.325 e. The minimum atomic E-state index is -0.604. The van der Waals surface area contributed by atoms with Crippen molar-refractivity contribution < 1.29 is 18.8 Å². The van der Waals surface area contributed by atoms with E-state index in [1.807, 2.05) is 0 Å². The lowest BCUT2D eigenvalue weighted by molar-refractivity contribution is -0.122. The molecule has 31 heavy (non-hydrogen) atoms. The maximum Gasteiger partial charge on any atom is 0.229 e. The summed E-state index contributed by atoms with van der Waals surface area (Å²) in [6.07, 6.45) is 0.0266. The molecule has 1 N–H and O–H groups in total. The number of nitrogens with one attached hydrogen (secondary N) is 1. The summed E-state index contributed by atoms with van der Waals surface area (Å²) < 4.78 is 13.2. The van der Waals surface area contributed by atoms with Crippen molar-refractivity contribution in [3.05, 3.63) is 94.8 Å². The molecule has 1 atom stereocenters. The molecule has 5 nitrogen and oxygen atoms in total. The van der Waals surface area contributed by atoms with Crippen molar-refractivity contribution in [1.29, 1.82) is 0 Å². The van der Waals surface area contributed by atoms with Gasteiger partial charge in [0.1, 0.15) is 5.82 Å². The maximum atomic E-state index is 13.2. The summed E-state index contributed by atoms with van der Waals surface area (Å²) in [7, 11) is 0. The van der Waals surface area contributed by atoms with E-state index in [-0.39, 0.29) is 36.1 Å². The molecule has 1 heterocycles. The van der Waals surface area contributed by atoms with E-state index in [2.05, 4.69) is 5.32 Å². The molecular weight excluding hydrogens is 419 g/mol. The molecule has 3 aromatic rings. The molecule has 0 spiro atoms. The predicted octanol–water partition coefficient (Wildman–Crippen LogP) is 4.70. The van der Waals surface area contributed by atoms with E-state index in [1.165, 1.54) is 35.2 Å². The molecule has 0 aromatic heterocycles. The third-order valence-electron chi connectivity index (χ3n) is 5.15. The highest BCUT2D eigenvalue weighted by Gasteiger charge is 2.35. The normalized spacial score (nSPS) is 15.7. The average Bonchev–Trinajstić information content (AvgIpc) is 3.17. The number of amides is 2. The van der Waals surface area contributed by atoms with Crippen LogP contribution in [-0.2, 0) is 9.59 Å². The Morgan fingerprint density at radius 3 is 2.42 bits per heavy atom. The predicted molar refractivity (Wildman–Crippen MR) is 117 cm³/mol. The van der Waals surface area contributed by atoms with Gasteiger partial charge in [0.15, 0.2) is 5.78 Å². The van der Waals surface area contributed by atoms with Crippen LogP contribution in [0.1, 0.15) is 22.3 Å². The number of hydrogen-bond donors (Lipinski definition) is 1. The highest BCUT2D eigenvalue weighted by atomic mass is 35.5. The Bertz CT molecular complexity index is 1150. The van der Waals surface area contributed by atoms with Gasteiger partial charge in [0.2, 0.25) is 11.8 Å². The van der Waals surface area contributed by atoms with Gasteiger partial charge in [-0.1, -0.05) is 41.9 Å². The molecule has 0 saturated carbocycles. The van der Waals surface area contributed by atoms with E-state index in [1.54, 1.807) is 42.5 Å². The first-order valence-corrected chi connectivity index (χ1v) is 10.1. The van der Waals surface area contributed by atoms with Crippen molar-refractivity contribution in [1.82, 2.24) is 0 Å². The van der Waals surface area contributed by atoms with Gasteiger partial charge < -0.3 is 10.2 Å². The molecule has 2 amide bonds. The van der Waals surface area contributed by atoms with Crippen LogP contribution >= 0.6 is 11.6 Å². The molecule has 0 radical (unpaired) electrons. The number of carbonyl (C=O) groups is 3. The first-order chi connectivity index (χ1) is 14.9. The fraction of sp³-hybridized carbons (Fsp3) is 0.125. The minimum Gasteiger partial charge on any atom is -0.325 e. The summed E-state index contributed by atoms with van der Waals surface area (Å²) in [6, 6.07) is 18.9. The Hall–Kier alpha value is -3.51. The highest BCUT2D eigenvalue weighted by molar-refractivity contribution is 6.31. The van der Waals surface area contributed by atoms with Crippen LogP contribution in [0.4, 0.5) is 15.8 Å². The lowest BCUT2D eigenvalue weighted by Crippen LogP contribution is -2.28. The van der Waals surface area contributed by atoms with Gasteiger partial charge in [0, 0.05) is 34.8 Å². The summed E-state index contributed by atoms with van der Waals surface area (Å²) in [5.74, 6) is -1.87. The van der Waals surface area contributed by atoms with E-state index >= 15 is 0 Å². The van der Waals surface area contributed by atoms with Crippen LogP contribution in [0.3, 0.4) is 0 Å². The van der Waals surface area contributed by atoms with Crippen molar-refractivity contribution in [2.24, 2.45) is 5.92 Å². The maximum absolute atomic E-state index is 13.2. The average molecular weight is 437 g/mol. The molecule has 0 aliphatic carbocycles. The first-order valence-electron chi connectivity index (χ1n) is 9.68. The number of halogens is 2. The Kier molecular flexibility index (Phi) is 5.82. The second-order valence-corrected chi connectivity index (χ2v) is 7.69. The third kappa shape index (κ3) is 4.49. The van der Waals surface area contributed by atoms with Crippen LogP contribution in [0.15, 0.2) is 72.8 Å². The number of ketones is 1. The Labute approximate surface area is 183 Å². The second-order valence-electron chi connectivity index (χ2n) is 7.26. The lowest BCUT2D eigenvalue weighted by Gasteiger charge is -2.17. The minimum absolute atomic E-state index is 0.0266. The number of hydrogen-bond acceptors (Lipinski definition) is 3. The number of benzene rings is 3. The van der Waals surface area contributed by atoms with Gasteiger partial charge in [-0.2, -0.15) is 0 Å². The summed E-state index contributed by atoms with van der Waals surface area (Å²) in [4.78, 5) is 39.7. The molecule has 1 fully saturated rings. The van der Waals surface area contributed by atoms with Gasteiger partial charge in [-0.05, 0) is 42.5 Å². The van der Waals surface area contributed by atoms with Crippen LogP contribution in [-0.4, -0.2) is 24.1 Å². The molecule has 1 saturated heterocycles. The van der Waals surface area contributed by atoms with E-state index in [9.17, 15) is 18.8 Å². The van der Waals surface area contributed by atoms with Crippen molar-refractivity contribution in [2.75, 3.05) is 16.8 Å². The monoisotopic (exact) mass is 436 g/mol. The molecular formula is C24H18ClFN2O3. The lowest BCUT2D eigenvalue weighted by atomic mass is 10.0. The van der Waals surface area contributed by atoms with E-state index in [0.29, 0.717) is 22.0 Å². The number of anilines is 2. The van der Waals surface area contributed by atoms with Gasteiger partial charge in [-0.3, -0.25) is 14.4 Å². The van der Waals surface area contributed by atoms with Gasteiger partial charge in [-0.15, -0.1) is 0 Å². The summed E-state index contributed by atoms with van der Waals surface area (Å²) >= 11 is 6.09. The summed E-state index contributed by atoms with van der Waals surface area (Å²) in [5.41, 5.74) is 1.61. The molecule has 1 aliphatic heterocycles. The van der Waals surface area contributed by atoms with Gasteiger partial charge in [0.25, 0.3) is 0 Å². The van der Waals surface area contributed by atoms with Crippen molar-refractivity contribution in [2.45, 2.75) is 6.42 Å². The van der Waals surface area contributed by atoms with Crippen LogP contribution in [0.25, 0.3) is 0 Å². The second kappa shape index (κ2) is 8.70. The first kappa shape index (κ1) is 20.8. The topological polar surface area (TPSA) is 66.5 Å². The van der Waals surface area contributed by atoms with Gasteiger partial charge in [0.05, 0.1) is 11.6 Å². The van der Waals surface area contributed by atoms with Crippen LogP contribution < -0.4 is 10.2 Å². The van der Waals surface area contributed by atoms with E-state index in [4.69, 9.17) is 11.6 Å². The van der Waals surface area contributed by atoms with Crippen molar-refractivity contribution in [3.63, 3.8) is 0 Å². The molecule has 156 valence electrons. The molecule has 1 aliphatic rings. The Morgan fingerprint density at radius 1 is 1.00 bits per heavy atom. The molecule has 3 aromatic carbocycles.